The maximum Gasteiger partial charge on any atom is 0.407 e. The monoisotopic (exact) mass is 276 g/mol. The SMILES string of the molecule is NC1CCC(CCNC(=O)OCc2ccccc2)CC1. The molecule has 20 heavy (non-hydrogen) atoms. The van der Waals surface area contributed by atoms with E-state index >= 15 is 0 Å². The van der Waals surface area contributed by atoms with Crippen molar-refractivity contribution < 1.29 is 9.53 Å². The van der Waals surface area contributed by atoms with E-state index in [2.05, 4.69) is 5.32 Å². The van der Waals surface area contributed by atoms with Gasteiger partial charge in [-0.15, -0.1) is 0 Å². The Morgan fingerprint density at radius 3 is 2.60 bits per heavy atom. The van der Waals surface area contributed by atoms with Crippen molar-refractivity contribution in [1.82, 2.24) is 5.32 Å². The summed E-state index contributed by atoms with van der Waals surface area (Å²) in [4.78, 5) is 11.6. The maximum atomic E-state index is 11.6. The lowest BCUT2D eigenvalue weighted by atomic mass is 9.84. The lowest BCUT2D eigenvalue weighted by Gasteiger charge is -2.25. The Kier molecular flexibility index (Phi) is 5.87. The third-order valence-corrected chi connectivity index (χ3v) is 3.93. The summed E-state index contributed by atoms with van der Waals surface area (Å²) < 4.78 is 5.16. The lowest BCUT2D eigenvalue weighted by molar-refractivity contribution is 0.138. The second-order valence-electron chi connectivity index (χ2n) is 5.56. The van der Waals surface area contributed by atoms with Gasteiger partial charge in [0.1, 0.15) is 6.61 Å². The van der Waals surface area contributed by atoms with E-state index in [0.29, 0.717) is 25.1 Å². The predicted octanol–water partition coefficient (Wildman–Crippen LogP) is 2.82. The molecule has 0 radical (unpaired) electrons. The van der Waals surface area contributed by atoms with Crippen LogP contribution in [0.15, 0.2) is 30.3 Å². The highest BCUT2D eigenvalue weighted by Gasteiger charge is 2.18. The van der Waals surface area contributed by atoms with Crippen LogP contribution in [-0.4, -0.2) is 18.7 Å². The van der Waals surface area contributed by atoms with Crippen LogP contribution in [0.1, 0.15) is 37.7 Å². The van der Waals surface area contributed by atoms with E-state index in [-0.39, 0.29) is 6.09 Å². The first-order valence-corrected chi connectivity index (χ1v) is 7.44. The lowest BCUT2D eigenvalue weighted by Crippen LogP contribution is -2.30. The van der Waals surface area contributed by atoms with Crippen LogP contribution in [-0.2, 0) is 11.3 Å². The summed E-state index contributed by atoms with van der Waals surface area (Å²) in [6.45, 7) is 1.01. The van der Waals surface area contributed by atoms with Crippen LogP contribution in [0.2, 0.25) is 0 Å². The molecule has 0 unspecified atom stereocenters. The molecule has 0 aliphatic heterocycles. The average molecular weight is 276 g/mol. The summed E-state index contributed by atoms with van der Waals surface area (Å²) >= 11 is 0. The standard InChI is InChI=1S/C16H24N2O2/c17-15-8-6-13(7-9-15)10-11-18-16(19)20-12-14-4-2-1-3-5-14/h1-5,13,15H,6-12,17H2,(H,18,19). The molecule has 1 aromatic rings. The number of benzene rings is 1. The highest BCUT2D eigenvalue weighted by Crippen LogP contribution is 2.25. The number of alkyl carbamates (subject to hydrolysis) is 1. The molecule has 0 bridgehead atoms. The van der Waals surface area contributed by atoms with Crippen LogP contribution >= 0.6 is 0 Å². The average Bonchev–Trinajstić information content (AvgIpc) is 2.48. The number of nitrogens with two attached hydrogens (primary N) is 1. The van der Waals surface area contributed by atoms with Gasteiger partial charge in [0.2, 0.25) is 0 Å². The van der Waals surface area contributed by atoms with Crippen molar-refractivity contribution in [2.75, 3.05) is 6.54 Å². The van der Waals surface area contributed by atoms with Crippen molar-refractivity contribution in [3.8, 4) is 0 Å². The zero-order chi connectivity index (χ0) is 14.2. The zero-order valence-corrected chi connectivity index (χ0v) is 11.9. The molecule has 1 aliphatic rings. The number of hydrogen-bond donors (Lipinski definition) is 2. The smallest absolute Gasteiger partial charge is 0.407 e. The maximum absolute atomic E-state index is 11.6. The van der Waals surface area contributed by atoms with Gasteiger partial charge in [-0.2, -0.15) is 0 Å². The second kappa shape index (κ2) is 7.90. The first-order chi connectivity index (χ1) is 9.74. The molecule has 4 nitrogen and oxygen atoms in total. The van der Waals surface area contributed by atoms with Crippen LogP contribution in [0.25, 0.3) is 0 Å². The van der Waals surface area contributed by atoms with Gasteiger partial charge in [0.25, 0.3) is 0 Å². The Labute approximate surface area is 120 Å². The van der Waals surface area contributed by atoms with Gasteiger partial charge in [-0.3, -0.25) is 0 Å². The third-order valence-electron chi connectivity index (χ3n) is 3.93. The third kappa shape index (κ3) is 5.21. The normalized spacial score (nSPS) is 22.2. The van der Waals surface area contributed by atoms with Crippen LogP contribution in [0.4, 0.5) is 4.79 Å². The second-order valence-corrected chi connectivity index (χ2v) is 5.56. The fourth-order valence-electron chi connectivity index (χ4n) is 2.63. The van der Waals surface area contributed by atoms with Crippen LogP contribution in [0.3, 0.4) is 0 Å². The van der Waals surface area contributed by atoms with Gasteiger partial charge < -0.3 is 15.8 Å². The van der Waals surface area contributed by atoms with Crippen LogP contribution in [0, 0.1) is 5.92 Å². The van der Waals surface area contributed by atoms with Crippen LogP contribution in [0.5, 0.6) is 0 Å². The molecule has 1 saturated carbocycles. The Bertz CT molecular complexity index is 400. The molecule has 0 saturated heterocycles. The summed E-state index contributed by atoms with van der Waals surface area (Å²) in [5.41, 5.74) is 6.88. The molecule has 1 fully saturated rings. The van der Waals surface area contributed by atoms with E-state index in [4.69, 9.17) is 10.5 Å². The number of hydrogen-bond acceptors (Lipinski definition) is 3. The summed E-state index contributed by atoms with van der Waals surface area (Å²) in [5.74, 6) is 0.698. The molecule has 1 amide bonds. The van der Waals surface area contributed by atoms with Crippen molar-refractivity contribution in [3.63, 3.8) is 0 Å². The Balaban J connectivity index is 1.56. The fourth-order valence-corrected chi connectivity index (χ4v) is 2.63. The molecular weight excluding hydrogens is 252 g/mol. The van der Waals surface area contributed by atoms with Gasteiger partial charge >= 0.3 is 6.09 Å². The predicted molar refractivity (Wildman–Crippen MR) is 79.2 cm³/mol. The molecular formula is C16H24N2O2. The van der Waals surface area contributed by atoms with Gasteiger partial charge in [-0.1, -0.05) is 30.3 Å². The minimum Gasteiger partial charge on any atom is -0.445 e. The highest BCUT2D eigenvalue weighted by molar-refractivity contribution is 5.67. The number of ether oxygens (including phenoxy) is 1. The molecule has 2 rings (SSSR count). The Morgan fingerprint density at radius 2 is 1.90 bits per heavy atom. The number of carbonyl (C=O) groups excluding carboxylic acids is 1. The van der Waals surface area contributed by atoms with E-state index in [1.807, 2.05) is 30.3 Å². The van der Waals surface area contributed by atoms with Gasteiger partial charge in [0.05, 0.1) is 0 Å². The number of rotatable bonds is 5. The quantitative estimate of drug-likeness (QED) is 0.869. The summed E-state index contributed by atoms with van der Waals surface area (Å²) in [6, 6.07) is 10.1. The Hall–Kier alpha value is -1.55. The van der Waals surface area contributed by atoms with Gasteiger partial charge in [-0.25, -0.2) is 4.79 Å². The molecule has 1 aliphatic carbocycles. The van der Waals surface area contributed by atoms with Gasteiger partial charge in [-0.05, 0) is 43.6 Å². The summed E-state index contributed by atoms with van der Waals surface area (Å²) in [7, 11) is 0. The molecule has 4 heteroatoms. The van der Waals surface area contributed by atoms with E-state index in [0.717, 1.165) is 24.8 Å². The molecule has 0 aromatic heterocycles. The van der Waals surface area contributed by atoms with Crippen molar-refractivity contribution in [2.24, 2.45) is 11.7 Å². The molecule has 0 spiro atoms. The van der Waals surface area contributed by atoms with Crippen molar-refractivity contribution in [1.29, 1.82) is 0 Å². The zero-order valence-electron chi connectivity index (χ0n) is 11.9. The molecule has 0 heterocycles. The van der Waals surface area contributed by atoms with E-state index in [9.17, 15) is 4.79 Å². The van der Waals surface area contributed by atoms with Gasteiger partial charge in [0.15, 0.2) is 0 Å². The fraction of sp³-hybridized carbons (Fsp3) is 0.562. The number of amides is 1. The first-order valence-electron chi connectivity index (χ1n) is 7.44. The van der Waals surface area contributed by atoms with Gasteiger partial charge in [0, 0.05) is 12.6 Å². The molecule has 3 N–H and O–H groups in total. The number of carbonyl (C=O) groups is 1. The molecule has 1 aromatic carbocycles. The topological polar surface area (TPSA) is 64.3 Å². The van der Waals surface area contributed by atoms with Crippen molar-refractivity contribution >= 4 is 6.09 Å². The molecule has 0 atom stereocenters. The summed E-state index contributed by atoms with van der Waals surface area (Å²) in [6.07, 6.45) is 5.28. The van der Waals surface area contributed by atoms with E-state index < -0.39 is 0 Å². The van der Waals surface area contributed by atoms with E-state index in [1.54, 1.807) is 0 Å². The molecule has 110 valence electrons. The minimum absolute atomic E-state index is 0.324. The first kappa shape index (κ1) is 14.9. The summed E-state index contributed by atoms with van der Waals surface area (Å²) in [5, 5.41) is 2.82. The van der Waals surface area contributed by atoms with E-state index in [1.165, 1.54) is 12.8 Å². The minimum atomic E-state index is -0.332. The largest absolute Gasteiger partial charge is 0.445 e. The van der Waals surface area contributed by atoms with Crippen LogP contribution < -0.4 is 11.1 Å². The Morgan fingerprint density at radius 1 is 1.20 bits per heavy atom. The number of nitrogens with one attached hydrogen (secondary N) is 1. The highest BCUT2D eigenvalue weighted by atomic mass is 16.5. The van der Waals surface area contributed by atoms with Crippen molar-refractivity contribution in [3.05, 3.63) is 35.9 Å². The van der Waals surface area contributed by atoms with Crippen molar-refractivity contribution in [2.45, 2.75) is 44.8 Å².